The van der Waals surface area contributed by atoms with Gasteiger partial charge < -0.3 is 15.8 Å². The average Bonchev–Trinajstić information content (AvgIpc) is 2.40. The molecule has 1 heterocycles. The third-order valence-electron chi connectivity index (χ3n) is 2.89. The molecule has 3 N–H and O–H groups in total. The van der Waals surface area contributed by atoms with Gasteiger partial charge >= 0.3 is 6.18 Å². The molecular weight excluding hydrogens is 370 g/mol. The Balaban J connectivity index is 0. The number of nitrogens with one attached hydrogen (secondary N) is 1. The number of nitrogens with zero attached hydrogens (tertiary/aromatic N) is 1. The van der Waals surface area contributed by atoms with E-state index >= 15 is 0 Å². The van der Waals surface area contributed by atoms with Crippen LogP contribution in [0, 0.1) is 5.41 Å². The van der Waals surface area contributed by atoms with Crippen molar-refractivity contribution in [1.82, 2.24) is 10.3 Å². The number of alkyl halides is 3. The molecule has 0 aliphatic rings. The van der Waals surface area contributed by atoms with Crippen LogP contribution in [-0.4, -0.2) is 29.7 Å². The van der Waals surface area contributed by atoms with Gasteiger partial charge in [-0.3, -0.25) is 4.79 Å². The molecule has 0 saturated heterocycles. The summed E-state index contributed by atoms with van der Waals surface area (Å²) < 4.78 is 41.2. The Labute approximate surface area is 151 Å². The molecule has 0 unspecified atom stereocenters. The molecular formula is C14H22Cl2F3N3O2. The van der Waals surface area contributed by atoms with Gasteiger partial charge in [0.2, 0.25) is 11.8 Å². The number of pyridine rings is 1. The maximum Gasteiger partial charge on any atom is 0.422 e. The van der Waals surface area contributed by atoms with Crippen LogP contribution in [0.4, 0.5) is 13.2 Å². The van der Waals surface area contributed by atoms with Crippen molar-refractivity contribution in [3.8, 4) is 5.88 Å². The Kier molecular flexibility index (Phi) is 10.3. The van der Waals surface area contributed by atoms with E-state index in [1.54, 1.807) is 6.07 Å². The zero-order valence-electron chi connectivity index (χ0n) is 13.5. The summed E-state index contributed by atoms with van der Waals surface area (Å²) in [7, 11) is 0. The summed E-state index contributed by atoms with van der Waals surface area (Å²) in [6, 6.07) is 2.34. The van der Waals surface area contributed by atoms with Gasteiger partial charge in [-0.05, 0) is 11.5 Å². The maximum absolute atomic E-state index is 12.2. The van der Waals surface area contributed by atoms with E-state index in [-0.39, 0.29) is 37.2 Å². The van der Waals surface area contributed by atoms with Gasteiger partial charge in [0.05, 0.1) is 6.04 Å². The number of nitrogens with two attached hydrogens (primary N) is 1. The molecule has 1 atom stereocenters. The van der Waals surface area contributed by atoms with Gasteiger partial charge in [0.1, 0.15) is 0 Å². The second-order valence-electron chi connectivity index (χ2n) is 5.93. The fraction of sp³-hybridized carbons (Fsp3) is 0.571. The summed E-state index contributed by atoms with van der Waals surface area (Å²) >= 11 is 0. The van der Waals surface area contributed by atoms with Crippen LogP contribution in [0.1, 0.15) is 26.3 Å². The van der Waals surface area contributed by atoms with Crippen LogP contribution in [0.3, 0.4) is 0 Å². The Morgan fingerprint density at radius 2 is 1.92 bits per heavy atom. The molecule has 0 spiro atoms. The molecule has 0 aromatic carbocycles. The molecule has 5 nitrogen and oxygen atoms in total. The number of carbonyl (C=O) groups excluding carboxylic acids is 1. The second-order valence-corrected chi connectivity index (χ2v) is 5.93. The number of amides is 1. The van der Waals surface area contributed by atoms with Crippen molar-refractivity contribution >= 4 is 30.7 Å². The van der Waals surface area contributed by atoms with Crippen LogP contribution in [0.15, 0.2) is 18.3 Å². The summed E-state index contributed by atoms with van der Waals surface area (Å²) in [5.74, 6) is -0.553. The van der Waals surface area contributed by atoms with Crippen molar-refractivity contribution in [2.24, 2.45) is 11.1 Å². The zero-order valence-corrected chi connectivity index (χ0v) is 15.1. The maximum atomic E-state index is 12.2. The number of hydrogen-bond acceptors (Lipinski definition) is 4. The van der Waals surface area contributed by atoms with Gasteiger partial charge in [0.25, 0.3) is 0 Å². The third-order valence-corrected chi connectivity index (χ3v) is 2.89. The predicted molar refractivity (Wildman–Crippen MR) is 89.6 cm³/mol. The van der Waals surface area contributed by atoms with Crippen LogP contribution in [0.2, 0.25) is 0 Å². The lowest BCUT2D eigenvalue weighted by atomic mass is 9.87. The highest BCUT2D eigenvalue weighted by atomic mass is 35.5. The smallest absolute Gasteiger partial charge is 0.422 e. The van der Waals surface area contributed by atoms with Gasteiger partial charge in [-0.1, -0.05) is 26.8 Å². The predicted octanol–water partition coefficient (Wildman–Crippen LogP) is 2.86. The van der Waals surface area contributed by atoms with Gasteiger partial charge in [-0.2, -0.15) is 13.2 Å². The fourth-order valence-electron chi connectivity index (χ4n) is 1.52. The number of ether oxygens (including phenoxy) is 1. The monoisotopic (exact) mass is 391 g/mol. The fourth-order valence-corrected chi connectivity index (χ4v) is 1.52. The summed E-state index contributed by atoms with van der Waals surface area (Å²) in [6.45, 7) is 4.01. The topological polar surface area (TPSA) is 77.2 Å². The minimum atomic E-state index is -4.45. The normalized spacial score (nSPS) is 12.5. The van der Waals surface area contributed by atoms with E-state index in [9.17, 15) is 18.0 Å². The second kappa shape index (κ2) is 9.90. The number of rotatable bonds is 5. The van der Waals surface area contributed by atoms with Crippen molar-refractivity contribution in [2.45, 2.75) is 39.5 Å². The number of aromatic nitrogens is 1. The van der Waals surface area contributed by atoms with Gasteiger partial charge in [0.15, 0.2) is 6.61 Å². The first-order valence-electron chi connectivity index (χ1n) is 6.67. The first-order valence-corrected chi connectivity index (χ1v) is 6.67. The standard InChI is InChI=1S/C14H20F3N3O2.2ClH/c1-13(2,3)10(18)11(21)20-7-9-5-4-6-19-12(9)22-8-14(15,16)17;;/h4-6,10H,7-8,18H2,1-3H3,(H,20,21);2*1H/t10-;;/m1../s1. The molecule has 0 saturated carbocycles. The highest BCUT2D eigenvalue weighted by Crippen LogP contribution is 2.20. The van der Waals surface area contributed by atoms with Crippen molar-refractivity contribution in [3.63, 3.8) is 0 Å². The number of hydrogen-bond donors (Lipinski definition) is 2. The lowest BCUT2D eigenvalue weighted by Crippen LogP contribution is -2.48. The molecule has 1 amide bonds. The van der Waals surface area contributed by atoms with Crippen LogP contribution in [0.5, 0.6) is 5.88 Å². The molecule has 0 bridgehead atoms. The molecule has 1 aromatic rings. The number of halogens is 5. The Hall–Kier alpha value is -1.25. The van der Waals surface area contributed by atoms with Crippen molar-refractivity contribution in [2.75, 3.05) is 6.61 Å². The Bertz CT molecular complexity index is 523. The van der Waals surface area contributed by atoms with Crippen molar-refractivity contribution in [1.29, 1.82) is 0 Å². The molecule has 24 heavy (non-hydrogen) atoms. The molecule has 0 radical (unpaired) electrons. The van der Waals surface area contributed by atoms with Crippen LogP contribution >= 0.6 is 24.8 Å². The van der Waals surface area contributed by atoms with E-state index in [2.05, 4.69) is 15.0 Å². The Morgan fingerprint density at radius 1 is 1.33 bits per heavy atom. The highest BCUT2D eigenvalue weighted by Gasteiger charge is 2.29. The number of carbonyl (C=O) groups is 1. The molecule has 0 aliphatic heterocycles. The average molecular weight is 392 g/mol. The van der Waals surface area contributed by atoms with Crippen LogP contribution in [-0.2, 0) is 11.3 Å². The van der Waals surface area contributed by atoms with E-state index in [4.69, 9.17) is 5.73 Å². The SMILES string of the molecule is CC(C)(C)[C@H](N)C(=O)NCc1cccnc1OCC(F)(F)F.Cl.Cl. The van der Waals surface area contributed by atoms with Crippen LogP contribution in [0.25, 0.3) is 0 Å². The summed E-state index contributed by atoms with van der Waals surface area (Å²) in [5.41, 5.74) is 5.73. The minimum Gasteiger partial charge on any atom is -0.468 e. The van der Waals surface area contributed by atoms with E-state index in [1.807, 2.05) is 20.8 Å². The largest absolute Gasteiger partial charge is 0.468 e. The summed E-state index contributed by atoms with van der Waals surface area (Å²) in [5, 5.41) is 2.58. The molecule has 0 fully saturated rings. The third kappa shape index (κ3) is 8.56. The molecule has 1 rings (SSSR count). The Morgan fingerprint density at radius 3 is 2.42 bits per heavy atom. The van der Waals surface area contributed by atoms with E-state index < -0.39 is 30.1 Å². The van der Waals surface area contributed by atoms with Crippen molar-refractivity contribution in [3.05, 3.63) is 23.9 Å². The summed E-state index contributed by atoms with van der Waals surface area (Å²) in [6.07, 6.45) is -3.13. The van der Waals surface area contributed by atoms with E-state index in [0.717, 1.165) is 0 Å². The quantitative estimate of drug-likeness (QED) is 0.808. The minimum absolute atomic E-state index is 0. The first kappa shape index (κ1) is 25.0. The molecule has 1 aromatic heterocycles. The highest BCUT2D eigenvalue weighted by molar-refractivity contribution is 5.85. The van der Waals surface area contributed by atoms with Gasteiger partial charge in [-0.15, -0.1) is 24.8 Å². The molecule has 140 valence electrons. The lowest BCUT2D eigenvalue weighted by Gasteiger charge is -2.25. The van der Waals surface area contributed by atoms with E-state index in [0.29, 0.717) is 5.56 Å². The summed E-state index contributed by atoms with van der Waals surface area (Å²) in [4.78, 5) is 15.7. The van der Waals surface area contributed by atoms with Crippen LogP contribution < -0.4 is 15.8 Å². The first-order chi connectivity index (χ1) is 10.0. The molecule has 10 heteroatoms. The van der Waals surface area contributed by atoms with Crippen molar-refractivity contribution < 1.29 is 22.7 Å². The molecule has 0 aliphatic carbocycles. The van der Waals surface area contributed by atoms with Gasteiger partial charge in [0, 0.05) is 18.3 Å². The zero-order chi connectivity index (χ0) is 17.0. The van der Waals surface area contributed by atoms with Gasteiger partial charge in [-0.25, -0.2) is 4.98 Å². The van der Waals surface area contributed by atoms with E-state index in [1.165, 1.54) is 12.3 Å². The lowest BCUT2D eigenvalue weighted by molar-refractivity contribution is -0.154.